The van der Waals surface area contributed by atoms with Crippen molar-refractivity contribution in [3.05, 3.63) is 71.8 Å². The number of benzene rings is 2. The van der Waals surface area contributed by atoms with Crippen molar-refractivity contribution in [2.45, 2.75) is 84.7 Å². The molecule has 256 valence electrons. The summed E-state index contributed by atoms with van der Waals surface area (Å²) in [5.41, 5.74) is 2.83. The van der Waals surface area contributed by atoms with Gasteiger partial charge in [-0.2, -0.15) is 12.6 Å². The maximum atomic E-state index is 13.5. The summed E-state index contributed by atoms with van der Waals surface area (Å²) < 4.78 is 2.70. The van der Waals surface area contributed by atoms with Crippen molar-refractivity contribution in [2.75, 3.05) is 38.3 Å². The van der Waals surface area contributed by atoms with E-state index >= 15 is 0 Å². The van der Waals surface area contributed by atoms with Crippen molar-refractivity contribution in [2.24, 2.45) is 11.3 Å². The molecule has 0 spiro atoms. The number of nitrogens with one attached hydrogen (secondary N) is 4. The Kier molecular flexibility index (Phi) is 17.0. The summed E-state index contributed by atoms with van der Waals surface area (Å²) in [5, 5.41) is 9.60. The van der Waals surface area contributed by atoms with Crippen LogP contribution in [0.25, 0.3) is 0 Å². The topological polar surface area (TPSA) is 103 Å². The van der Waals surface area contributed by atoms with Crippen LogP contribution < -0.4 is 20.7 Å². The molecule has 0 aliphatic carbocycles. The second-order valence-electron chi connectivity index (χ2n) is 13.7. The first-order valence-corrected chi connectivity index (χ1v) is 17.2. The maximum absolute atomic E-state index is 13.5. The lowest BCUT2D eigenvalue weighted by Crippen LogP contribution is -2.61. The fourth-order valence-electron chi connectivity index (χ4n) is 4.75. The standard InChI is InChI=1S/C25H44N4O2S.C11H13NOS/c1-17(2)16-29(9)23(31)21(24(3,4)5)28-22(30)20(26-8)25(6,7)18-11-10-12-19(15-18)27-13-14-32;1-8(2)11(13)12-14-10-6-4-9(3)5-7-10/h10-12,15,17,20-21,26-27,32H,13-14,16H2,1-9H3,(H,28,30);4-7H,1H2,2-3H3,(H,12,13). The van der Waals surface area contributed by atoms with Gasteiger partial charge in [-0.3, -0.25) is 19.1 Å². The zero-order chi connectivity index (χ0) is 35.2. The van der Waals surface area contributed by atoms with E-state index < -0.39 is 22.9 Å². The zero-order valence-corrected chi connectivity index (χ0v) is 31.4. The highest BCUT2D eigenvalue weighted by Gasteiger charge is 2.40. The fraction of sp³-hybridized carbons (Fsp3) is 0.528. The number of rotatable bonds is 14. The predicted molar refractivity (Wildman–Crippen MR) is 199 cm³/mol. The summed E-state index contributed by atoms with van der Waals surface area (Å²) in [6.07, 6.45) is 0. The molecule has 10 heteroatoms. The summed E-state index contributed by atoms with van der Waals surface area (Å²) >= 11 is 5.56. The van der Waals surface area contributed by atoms with Crippen LogP contribution in [0.2, 0.25) is 0 Å². The molecule has 0 heterocycles. The summed E-state index contributed by atoms with van der Waals surface area (Å²) in [5.74, 6) is 0.716. The van der Waals surface area contributed by atoms with E-state index in [0.717, 1.165) is 28.4 Å². The molecule has 8 nitrogen and oxygen atoms in total. The Bertz CT molecular complexity index is 1290. The van der Waals surface area contributed by atoms with E-state index in [1.807, 2.05) is 84.0 Å². The van der Waals surface area contributed by atoms with E-state index in [1.165, 1.54) is 17.5 Å². The zero-order valence-electron chi connectivity index (χ0n) is 29.7. The molecule has 0 fully saturated rings. The van der Waals surface area contributed by atoms with Gasteiger partial charge in [0.15, 0.2) is 0 Å². The second kappa shape index (κ2) is 19.0. The highest BCUT2D eigenvalue weighted by Crippen LogP contribution is 2.30. The molecular weight excluding hydrogens is 615 g/mol. The number of carbonyl (C=O) groups is 3. The maximum Gasteiger partial charge on any atom is 0.256 e. The van der Waals surface area contributed by atoms with E-state index in [9.17, 15) is 14.4 Å². The predicted octanol–water partition coefficient (Wildman–Crippen LogP) is 6.23. The van der Waals surface area contributed by atoms with Crippen molar-refractivity contribution in [3.8, 4) is 0 Å². The monoisotopic (exact) mass is 671 g/mol. The number of aryl methyl sites for hydroxylation is 1. The largest absolute Gasteiger partial charge is 0.384 e. The molecule has 0 bridgehead atoms. The number of anilines is 1. The van der Waals surface area contributed by atoms with Gasteiger partial charge in [-0.1, -0.05) is 84.9 Å². The average molecular weight is 672 g/mol. The van der Waals surface area contributed by atoms with Gasteiger partial charge < -0.3 is 20.9 Å². The number of hydrogen-bond donors (Lipinski definition) is 5. The second-order valence-corrected chi connectivity index (χ2v) is 15.0. The van der Waals surface area contributed by atoms with Crippen LogP contribution in [0.5, 0.6) is 0 Å². The van der Waals surface area contributed by atoms with Crippen LogP contribution in [0.1, 0.15) is 66.5 Å². The molecular formula is C36H57N5O3S2. The van der Waals surface area contributed by atoms with Crippen LogP contribution >= 0.6 is 24.6 Å². The van der Waals surface area contributed by atoms with Gasteiger partial charge in [0, 0.05) is 47.5 Å². The molecule has 2 unspecified atom stereocenters. The highest BCUT2D eigenvalue weighted by molar-refractivity contribution is 7.98. The molecule has 2 rings (SSSR count). The van der Waals surface area contributed by atoms with Crippen LogP contribution in [0, 0.1) is 18.3 Å². The van der Waals surface area contributed by atoms with Crippen molar-refractivity contribution in [1.29, 1.82) is 0 Å². The third-order valence-electron chi connectivity index (χ3n) is 7.41. The Hall–Kier alpha value is -2.95. The minimum absolute atomic E-state index is 0.0647. The SMILES string of the molecule is C=C(C)C(=O)NSc1ccc(C)cc1.CNC(C(=O)NC(C(=O)N(C)CC(C)C)C(C)(C)C)C(C)(C)c1cccc(NCCS)c1. The Morgan fingerprint density at radius 1 is 1.00 bits per heavy atom. The number of hydrogen-bond acceptors (Lipinski definition) is 7. The van der Waals surface area contributed by atoms with Crippen LogP contribution in [-0.4, -0.2) is 67.6 Å². The van der Waals surface area contributed by atoms with E-state index in [2.05, 4.69) is 59.8 Å². The van der Waals surface area contributed by atoms with Gasteiger partial charge in [-0.15, -0.1) is 0 Å². The van der Waals surface area contributed by atoms with Crippen LogP contribution in [0.3, 0.4) is 0 Å². The first-order chi connectivity index (χ1) is 21.3. The van der Waals surface area contributed by atoms with E-state index in [0.29, 0.717) is 18.0 Å². The number of nitrogens with zero attached hydrogens (tertiary/aromatic N) is 1. The molecule has 2 atom stereocenters. The molecule has 0 radical (unpaired) electrons. The smallest absolute Gasteiger partial charge is 0.256 e. The Labute approximate surface area is 287 Å². The molecule has 0 aromatic heterocycles. The lowest BCUT2D eigenvalue weighted by Gasteiger charge is -2.38. The molecule has 0 saturated heterocycles. The summed E-state index contributed by atoms with van der Waals surface area (Å²) in [7, 11) is 3.59. The van der Waals surface area contributed by atoms with Gasteiger partial charge >= 0.3 is 0 Å². The molecule has 0 aliphatic rings. The van der Waals surface area contributed by atoms with Gasteiger partial charge in [-0.25, -0.2) is 0 Å². The van der Waals surface area contributed by atoms with Crippen molar-refractivity contribution in [3.63, 3.8) is 0 Å². The van der Waals surface area contributed by atoms with Crippen molar-refractivity contribution < 1.29 is 14.4 Å². The van der Waals surface area contributed by atoms with E-state index in [-0.39, 0.29) is 17.7 Å². The molecule has 4 N–H and O–H groups in total. The lowest BCUT2D eigenvalue weighted by atomic mass is 9.76. The fourth-order valence-corrected chi connectivity index (χ4v) is 5.52. The molecule has 3 amide bonds. The average Bonchev–Trinajstić information content (AvgIpc) is 2.97. The van der Waals surface area contributed by atoms with Crippen LogP contribution in [-0.2, 0) is 19.8 Å². The summed E-state index contributed by atoms with van der Waals surface area (Å²) in [4.78, 5) is 40.6. The van der Waals surface area contributed by atoms with Gasteiger partial charge in [0.1, 0.15) is 6.04 Å². The van der Waals surface area contributed by atoms with Gasteiger partial charge in [0.2, 0.25) is 11.8 Å². The van der Waals surface area contributed by atoms with E-state index in [4.69, 9.17) is 0 Å². The first kappa shape index (κ1) is 41.1. The van der Waals surface area contributed by atoms with Crippen LogP contribution in [0.15, 0.2) is 65.6 Å². The molecule has 46 heavy (non-hydrogen) atoms. The minimum Gasteiger partial charge on any atom is -0.384 e. The quantitative estimate of drug-likeness (QED) is 0.0927. The van der Waals surface area contributed by atoms with Crippen molar-refractivity contribution >= 4 is 48.0 Å². The number of likely N-dealkylation sites (N-methyl/N-ethyl adjacent to an activating group) is 2. The first-order valence-electron chi connectivity index (χ1n) is 15.7. The summed E-state index contributed by atoms with van der Waals surface area (Å²) in [6.45, 7) is 22.9. The minimum atomic E-state index is -0.617. The van der Waals surface area contributed by atoms with Gasteiger partial charge in [0.05, 0.1) is 6.04 Å². The van der Waals surface area contributed by atoms with Gasteiger partial charge in [-0.05, 0) is 74.0 Å². The van der Waals surface area contributed by atoms with Crippen molar-refractivity contribution in [1.82, 2.24) is 20.3 Å². The van der Waals surface area contributed by atoms with Crippen LogP contribution in [0.4, 0.5) is 5.69 Å². The molecule has 2 aromatic rings. The number of amides is 3. The third kappa shape index (κ3) is 13.4. The van der Waals surface area contributed by atoms with Gasteiger partial charge in [0.25, 0.3) is 5.91 Å². The van der Waals surface area contributed by atoms with E-state index in [1.54, 1.807) is 25.9 Å². The molecule has 2 aromatic carbocycles. The number of carbonyl (C=O) groups excluding carboxylic acids is 3. The Morgan fingerprint density at radius 3 is 2.11 bits per heavy atom. The highest BCUT2D eigenvalue weighted by atomic mass is 32.2. The Balaban J connectivity index is 0.000000626. The normalized spacial score (nSPS) is 12.7. The third-order valence-corrected chi connectivity index (χ3v) is 8.42. The molecule has 0 saturated carbocycles. The molecule has 0 aliphatic heterocycles. The lowest BCUT2D eigenvalue weighted by molar-refractivity contribution is -0.139. The summed E-state index contributed by atoms with van der Waals surface area (Å²) in [6, 6.07) is 14.9. The Morgan fingerprint density at radius 2 is 1.61 bits per heavy atom. The number of thiol groups is 1.